The summed E-state index contributed by atoms with van der Waals surface area (Å²) in [6, 6.07) is 12.6. The van der Waals surface area contributed by atoms with E-state index in [2.05, 4.69) is 15.6 Å². The van der Waals surface area contributed by atoms with Crippen LogP contribution in [0, 0.1) is 12.7 Å². The van der Waals surface area contributed by atoms with Gasteiger partial charge in [0.05, 0.1) is 10.7 Å². The van der Waals surface area contributed by atoms with E-state index in [0.717, 1.165) is 26.7 Å². The lowest BCUT2D eigenvalue weighted by Gasteiger charge is -2.22. The number of benzene rings is 2. The summed E-state index contributed by atoms with van der Waals surface area (Å²) in [5.41, 5.74) is 2.13. The van der Waals surface area contributed by atoms with Crippen LogP contribution in [0.5, 0.6) is 0 Å². The van der Waals surface area contributed by atoms with Gasteiger partial charge >= 0.3 is 6.03 Å². The number of halogens is 1. The molecule has 2 N–H and O–H groups in total. The van der Waals surface area contributed by atoms with E-state index in [0.29, 0.717) is 18.5 Å². The molecule has 4 rings (SSSR count). The number of carbonyl (C=O) groups excluding carboxylic acids is 3. The van der Waals surface area contributed by atoms with Crippen molar-refractivity contribution in [1.29, 1.82) is 0 Å². The summed E-state index contributed by atoms with van der Waals surface area (Å²) in [6.45, 7) is 3.49. The molecule has 7 nitrogen and oxygen atoms in total. The maximum absolute atomic E-state index is 13.2. The highest BCUT2D eigenvalue weighted by Crippen LogP contribution is 2.28. The number of carbonyl (C=O) groups is 3. The molecule has 0 aliphatic carbocycles. The first kappa shape index (κ1) is 22.6. The Morgan fingerprint density at radius 3 is 2.48 bits per heavy atom. The molecular weight excluding hydrogens is 443 g/mol. The zero-order valence-electron chi connectivity index (χ0n) is 18.2. The highest BCUT2D eigenvalue weighted by atomic mass is 32.1. The van der Waals surface area contributed by atoms with E-state index in [-0.39, 0.29) is 6.54 Å². The number of aryl methyl sites for hydroxylation is 1. The van der Waals surface area contributed by atoms with Gasteiger partial charge in [-0.15, -0.1) is 11.3 Å². The van der Waals surface area contributed by atoms with Gasteiger partial charge < -0.3 is 10.6 Å². The molecule has 1 fully saturated rings. The summed E-state index contributed by atoms with van der Waals surface area (Å²) in [5, 5.41) is 8.38. The van der Waals surface area contributed by atoms with Crippen molar-refractivity contribution in [2.75, 3.05) is 13.1 Å². The maximum atomic E-state index is 13.2. The molecular formula is C24H23FN4O3S. The molecule has 4 amide bonds. The van der Waals surface area contributed by atoms with Crippen molar-refractivity contribution in [1.82, 2.24) is 20.5 Å². The molecule has 1 unspecified atom stereocenters. The predicted octanol–water partition coefficient (Wildman–Crippen LogP) is 3.38. The first-order valence-corrected chi connectivity index (χ1v) is 11.3. The van der Waals surface area contributed by atoms with Crippen LogP contribution in [-0.2, 0) is 21.5 Å². The van der Waals surface area contributed by atoms with Gasteiger partial charge in [0, 0.05) is 17.5 Å². The van der Waals surface area contributed by atoms with E-state index >= 15 is 0 Å². The molecule has 1 atom stereocenters. The highest BCUT2D eigenvalue weighted by Gasteiger charge is 2.49. The van der Waals surface area contributed by atoms with Crippen molar-refractivity contribution in [2.24, 2.45) is 0 Å². The summed E-state index contributed by atoms with van der Waals surface area (Å²) in [5.74, 6) is -1.43. The third-order valence-corrected chi connectivity index (χ3v) is 6.38. The Morgan fingerprint density at radius 1 is 1.15 bits per heavy atom. The van der Waals surface area contributed by atoms with Crippen molar-refractivity contribution in [3.63, 3.8) is 0 Å². The lowest BCUT2D eigenvalue weighted by molar-refractivity contribution is -0.134. The first-order valence-electron chi connectivity index (χ1n) is 10.4. The normalized spacial score (nSPS) is 17.8. The monoisotopic (exact) mass is 466 g/mol. The van der Waals surface area contributed by atoms with Gasteiger partial charge in [-0.05, 0) is 43.5 Å². The van der Waals surface area contributed by atoms with Gasteiger partial charge in [0.25, 0.3) is 5.91 Å². The number of nitrogens with zero attached hydrogens (tertiary/aromatic N) is 2. The molecule has 0 saturated carbocycles. The van der Waals surface area contributed by atoms with E-state index in [1.54, 1.807) is 11.3 Å². The summed E-state index contributed by atoms with van der Waals surface area (Å²) >= 11 is 1.60. The van der Waals surface area contributed by atoms with Crippen molar-refractivity contribution in [3.05, 3.63) is 75.9 Å². The van der Waals surface area contributed by atoms with Gasteiger partial charge in [-0.1, -0.05) is 36.4 Å². The molecule has 0 radical (unpaired) electrons. The van der Waals surface area contributed by atoms with Crippen LogP contribution in [0.25, 0.3) is 11.3 Å². The van der Waals surface area contributed by atoms with Gasteiger partial charge in [-0.25, -0.2) is 14.2 Å². The second-order valence-corrected chi connectivity index (χ2v) is 9.06. The Balaban J connectivity index is 1.30. The van der Waals surface area contributed by atoms with Crippen LogP contribution in [0.3, 0.4) is 0 Å². The van der Waals surface area contributed by atoms with Crippen LogP contribution >= 0.6 is 11.3 Å². The van der Waals surface area contributed by atoms with Crippen LogP contribution in [0.15, 0.2) is 53.9 Å². The minimum atomic E-state index is -1.34. The molecule has 9 heteroatoms. The number of hydrogen-bond acceptors (Lipinski definition) is 5. The van der Waals surface area contributed by atoms with E-state index in [1.165, 1.54) is 31.2 Å². The van der Waals surface area contributed by atoms with Crippen LogP contribution in [0.4, 0.5) is 9.18 Å². The number of rotatable bonds is 7. The fraction of sp³-hybridized carbons (Fsp3) is 0.250. The first-order chi connectivity index (χ1) is 15.8. The summed E-state index contributed by atoms with van der Waals surface area (Å²) < 4.78 is 13.2. The standard InChI is InChI=1S/C24H23FN4O3S/c1-15-27-20(14-33-15)17-5-3-16(4-6-17)11-12-26-21(30)13-29-22(31)24(2,28-23(29)32)18-7-9-19(25)10-8-18/h3-10,14H,11-13H2,1-2H3,(H,26,30)(H,28,32). The molecule has 1 aliphatic rings. The molecule has 2 aromatic carbocycles. The van der Waals surface area contributed by atoms with Gasteiger partial charge in [-0.2, -0.15) is 0 Å². The Labute approximate surface area is 194 Å². The Bertz CT molecular complexity index is 1190. The van der Waals surface area contributed by atoms with Crippen LogP contribution in [-0.4, -0.2) is 40.8 Å². The lowest BCUT2D eigenvalue weighted by atomic mass is 9.92. The second-order valence-electron chi connectivity index (χ2n) is 8.00. The molecule has 2 heterocycles. The quantitative estimate of drug-likeness (QED) is 0.522. The van der Waals surface area contributed by atoms with E-state index in [4.69, 9.17) is 0 Å². The van der Waals surface area contributed by atoms with Gasteiger partial charge in [0.15, 0.2) is 0 Å². The fourth-order valence-corrected chi connectivity index (χ4v) is 4.33. The number of amides is 4. The molecule has 3 aromatic rings. The Kier molecular flexibility index (Phi) is 6.24. The van der Waals surface area contributed by atoms with Crippen LogP contribution < -0.4 is 10.6 Å². The van der Waals surface area contributed by atoms with Gasteiger partial charge in [0.1, 0.15) is 17.9 Å². The predicted molar refractivity (Wildman–Crippen MR) is 123 cm³/mol. The average Bonchev–Trinajstić information content (AvgIpc) is 3.32. The molecule has 1 aliphatic heterocycles. The van der Waals surface area contributed by atoms with Crippen molar-refractivity contribution >= 4 is 29.2 Å². The summed E-state index contributed by atoms with van der Waals surface area (Å²) in [6.07, 6.45) is 0.607. The molecule has 170 valence electrons. The lowest BCUT2D eigenvalue weighted by Crippen LogP contribution is -2.43. The van der Waals surface area contributed by atoms with Crippen molar-refractivity contribution < 1.29 is 18.8 Å². The van der Waals surface area contributed by atoms with Crippen molar-refractivity contribution in [3.8, 4) is 11.3 Å². The average molecular weight is 467 g/mol. The smallest absolute Gasteiger partial charge is 0.325 e. The second kappa shape index (κ2) is 9.11. The van der Waals surface area contributed by atoms with E-state index in [1.807, 2.05) is 36.6 Å². The topological polar surface area (TPSA) is 91.4 Å². The number of urea groups is 1. The number of nitrogens with one attached hydrogen (secondary N) is 2. The zero-order valence-corrected chi connectivity index (χ0v) is 19.0. The molecule has 33 heavy (non-hydrogen) atoms. The number of aromatic nitrogens is 1. The van der Waals surface area contributed by atoms with Crippen LogP contribution in [0.2, 0.25) is 0 Å². The summed E-state index contributed by atoms with van der Waals surface area (Å²) in [7, 11) is 0. The largest absolute Gasteiger partial charge is 0.354 e. The minimum absolute atomic E-state index is 0.368. The third kappa shape index (κ3) is 4.78. The highest BCUT2D eigenvalue weighted by molar-refractivity contribution is 7.09. The Hall–Kier alpha value is -3.59. The number of thiazole rings is 1. The Morgan fingerprint density at radius 2 is 1.85 bits per heavy atom. The molecule has 1 aromatic heterocycles. The zero-order chi connectivity index (χ0) is 23.6. The SMILES string of the molecule is Cc1nc(-c2ccc(CCNC(=O)CN3C(=O)NC(C)(c4ccc(F)cc4)C3=O)cc2)cs1. The number of hydrogen-bond donors (Lipinski definition) is 2. The minimum Gasteiger partial charge on any atom is -0.354 e. The van der Waals surface area contributed by atoms with Crippen molar-refractivity contribution in [2.45, 2.75) is 25.8 Å². The van der Waals surface area contributed by atoms with E-state index in [9.17, 15) is 18.8 Å². The van der Waals surface area contributed by atoms with Gasteiger partial charge in [0.2, 0.25) is 5.91 Å². The molecule has 0 spiro atoms. The third-order valence-electron chi connectivity index (χ3n) is 5.60. The summed E-state index contributed by atoms with van der Waals surface area (Å²) in [4.78, 5) is 42.9. The molecule has 1 saturated heterocycles. The molecule has 0 bridgehead atoms. The number of imide groups is 1. The van der Waals surface area contributed by atoms with Crippen LogP contribution in [0.1, 0.15) is 23.1 Å². The maximum Gasteiger partial charge on any atom is 0.325 e. The van der Waals surface area contributed by atoms with Gasteiger partial charge in [-0.3, -0.25) is 14.5 Å². The fourth-order valence-electron chi connectivity index (χ4n) is 3.70. The van der Waals surface area contributed by atoms with E-state index < -0.39 is 29.2 Å².